The molecule has 2 rings (SSSR count). The molecule has 1 heterocycles. The van der Waals surface area contributed by atoms with E-state index in [0.717, 1.165) is 0 Å². The second-order valence-electron chi connectivity index (χ2n) is 4.31. The lowest BCUT2D eigenvalue weighted by Crippen LogP contribution is -2.07. The first-order valence-electron chi connectivity index (χ1n) is 6.05. The smallest absolute Gasteiger partial charge is 0.387 e. The Morgan fingerprint density at radius 3 is 2.73 bits per heavy atom. The Labute approximate surface area is 129 Å². The molecule has 0 spiro atoms. The van der Waals surface area contributed by atoms with E-state index in [0.29, 0.717) is 5.70 Å². The van der Waals surface area contributed by atoms with Crippen molar-refractivity contribution in [2.45, 2.75) is 13.5 Å². The van der Waals surface area contributed by atoms with Crippen LogP contribution in [-0.4, -0.2) is 21.8 Å². The van der Waals surface area contributed by atoms with Crippen LogP contribution in [0.5, 0.6) is 5.75 Å². The van der Waals surface area contributed by atoms with E-state index in [1.807, 2.05) is 0 Å². The van der Waals surface area contributed by atoms with Crippen LogP contribution in [0.15, 0.2) is 23.9 Å². The van der Waals surface area contributed by atoms with E-state index in [-0.39, 0.29) is 33.7 Å². The molecule has 0 aliphatic heterocycles. The van der Waals surface area contributed by atoms with Gasteiger partial charge in [0.05, 0.1) is 5.69 Å². The number of nitrogens with two attached hydrogens (primary N) is 2. The van der Waals surface area contributed by atoms with Gasteiger partial charge in [0.2, 0.25) is 5.95 Å². The Hall–Kier alpha value is -2.48. The number of halogens is 3. The van der Waals surface area contributed by atoms with Crippen LogP contribution in [0.25, 0.3) is 17.3 Å². The van der Waals surface area contributed by atoms with Crippen molar-refractivity contribution < 1.29 is 13.5 Å². The second-order valence-corrected chi connectivity index (χ2v) is 4.75. The number of nitrogen functional groups attached to an aromatic ring is 1. The fraction of sp³-hybridized carbons (Fsp3) is 0.154. The standard InChI is InChI=1S/C13H12ClF2N5O/c1-6(17)4-9-11(20-21-13(18)19-9)8-3-2-7(14)5-10(8)22-12(15)16/h2-5,12H,17H2,1H3,(H2,18,19,21). The van der Waals surface area contributed by atoms with Crippen LogP contribution >= 0.6 is 11.6 Å². The van der Waals surface area contributed by atoms with E-state index in [2.05, 4.69) is 19.9 Å². The highest BCUT2D eigenvalue weighted by molar-refractivity contribution is 6.30. The van der Waals surface area contributed by atoms with Crippen molar-refractivity contribution in [3.8, 4) is 17.0 Å². The lowest BCUT2D eigenvalue weighted by atomic mass is 10.1. The molecule has 6 nitrogen and oxygen atoms in total. The normalized spacial score (nSPS) is 11.8. The van der Waals surface area contributed by atoms with E-state index in [1.54, 1.807) is 6.92 Å². The minimum absolute atomic E-state index is 0.0680. The molecule has 22 heavy (non-hydrogen) atoms. The number of ether oxygens (including phenoxy) is 1. The Morgan fingerprint density at radius 2 is 2.09 bits per heavy atom. The van der Waals surface area contributed by atoms with Crippen LogP contribution in [-0.2, 0) is 0 Å². The third-order valence-electron chi connectivity index (χ3n) is 2.51. The van der Waals surface area contributed by atoms with Crippen LogP contribution in [0.4, 0.5) is 14.7 Å². The molecule has 0 amide bonds. The van der Waals surface area contributed by atoms with Crippen LogP contribution in [0.2, 0.25) is 5.02 Å². The molecule has 2 aromatic rings. The highest BCUT2D eigenvalue weighted by Crippen LogP contribution is 2.34. The molecule has 0 fully saturated rings. The number of hydrogen-bond donors (Lipinski definition) is 2. The molecule has 0 aliphatic rings. The number of allylic oxidation sites excluding steroid dienone is 1. The van der Waals surface area contributed by atoms with Gasteiger partial charge in [-0.05, 0) is 31.2 Å². The second kappa shape index (κ2) is 6.52. The minimum Gasteiger partial charge on any atom is -0.434 e. The largest absolute Gasteiger partial charge is 0.434 e. The molecule has 0 aliphatic carbocycles. The van der Waals surface area contributed by atoms with Crippen molar-refractivity contribution in [2.24, 2.45) is 5.73 Å². The maximum atomic E-state index is 12.6. The summed E-state index contributed by atoms with van der Waals surface area (Å²) in [6, 6.07) is 4.24. The van der Waals surface area contributed by atoms with Gasteiger partial charge in [0.25, 0.3) is 0 Å². The fourth-order valence-corrected chi connectivity index (χ4v) is 1.91. The number of hydrogen-bond acceptors (Lipinski definition) is 6. The van der Waals surface area contributed by atoms with Gasteiger partial charge in [0.15, 0.2) is 0 Å². The zero-order valence-electron chi connectivity index (χ0n) is 11.4. The molecule has 0 atom stereocenters. The molecule has 0 unspecified atom stereocenters. The van der Waals surface area contributed by atoms with Crippen molar-refractivity contribution in [3.63, 3.8) is 0 Å². The molecule has 0 saturated heterocycles. The molecule has 4 N–H and O–H groups in total. The molecule has 116 valence electrons. The third kappa shape index (κ3) is 3.79. The molecular weight excluding hydrogens is 316 g/mol. The van der Waals surface area contributed by atoms with E-state index < -0.39 is 6.61 Å². The van der Waals surface area contributed by atoms with Crippen molar-refractivity contribution >= 4 is 23.6 Å². The number of anilines is 1. The number of rotatable bonds is 4. The molecule has 0 saturated carbocycles. The van der Waals surface area contributed by atoms with Gasteiger partial charge < -0.3 is 16.2 Å². The first-order valence-corrected chi connectivity index (χ1v) is 6.43. The predicted octanol–water partition coefficient (Wildman–Crippen LogP) is 2.70. The summed E-state index contributed by atoms with van der Waals surface area (Å²) in [5.74, 6) is -0.214. The van der Waals surface area contributed by atoms with E-state index >= 15 is 0 Å². The number of aromatic nitrogens is 3. The highest BCUT2D eigenvalue weighted by atomic mass is 35.5. The summed E-state index contributed by atoms with van der Waals surface area (Å²) in [7, 11) is 0. The average Bonchev–Trinajstić information content (AvgIpc) is 2.38. The van der Waals surface area contributed by atoms with Crippen molar-refractivity contribution in [3.05, 3.63) is 34.6 Å². The van der Waals surface area contributed by atoms with Gasteiger partial charge in [-0.3, -0.25) is 0 Å². The van der Waals surface area contributed by atoms with Crippen molar-refractivity contribution in [1.82, 2.24) is 15.2 Å². The Morgan fingerprint density at radius 1 is 1.36 bits per heavy atom. The lowest BCUT2D eigenvalue weighted by molar-refractivity contribution is -0.0494. The summed E-state index contributed by atoms with van der Waals surface area (Å²) < 4.78 is 29.6. The summed E-state index contributed by atoms with van der Waals surface area (Å²) in [6.45, 7) is -1.37. The van der Waals surface area contributed by atoms with Crippen LogP contribution in [0, 0.1) is 0 Å². The topological polar surface area (TPSA) is 99.9 Å². The van der Waals surface area contributed by atoms with Gasteiger partial charge in [-0.2, -0.15) is 8.78 Å². The van der Waals surface area contributed by atoms with E-state index in [4.69, 9.17) is 23.1 Å². The summed E-state index contributed by atoms with van der Waals surface area (Å²) in [5, 5.41) is 7.77. The maximum Gasteiger partial charge on any atom is 0.387 e. The lowest BCUT2D eigenvalue weighted by Gasteiger charge is -2.12. The van der Waals surface area contributed by atoms with Gasteiger partial charge in [0, 0.05) is 16.3 Å². The molecule has 9 heteroatoms. The highest BCUT2D eigenvalue weighted by Gasteiger charge is 2.17. The quantitative estimate of drug-likeness (QED) is 0.895. The molecule has 1 aromatic carbocycles. The van der Waals surface area contributed by atoms with Gasteiger partial charge in [0.1, 0.15) is 11.4 Å². The zero-order chi connectivity index (χ0) is 16.3. The summed E-state index contributed by atoms with van der Waals surface area (Å²) in [4.78, 5) is 4.00. The predicted molar refractivity (Wildman–Crippen MR) is 79.2 cm³/mol. The van der Waals surface area contributed by atoms with E-state index in [1.165, 1.54) is 24.3 Å². The van der Waals surface area contributed by atoms with Gasteiger partial charge in [-0.1, -0.05) is 11.6 Å². The van der Waals surface area contributed by atoms with Crippen LogP contribution in [0.1, 0.15) is 12.6 Å². The fourth-order valence-electron chi connectivity index (χ4n) is 1.74. The Balaban J connectivity index is 2.63. The monoisotopic (exact) mass is 327 g/mol. The minimum atomic E-state index is -3.01. The number of alkyl halides is 2. The van der Waals surface area contributed by atoms with Gasteiger partial charge in [-0.15, -0.1) is 10.2 Å². The average molecular weight is 328 g/mol. The summed E-state index contributed by atoms with van der Waals surface area (Å²) in [6.07, 6.45) is 1.50. The summed E-state index contributed by atoms with van der Waals surface area (Å²) in [5.41, 5.74) is 12.3. The van der Waals surface area contributed by atoms with Gasteiger partial charge in [-0.25, -0.2) is 4.98 Å². The first-order chi connectivity index (χ1) is 10.4. The van der Waals surface area contributed by atoms with Crippen molar-refractivity contribution in [1.29, 1.82) is 0 Å². The Bertz CT molecular complexity index is 720. The SMILES string of the molecule is CC(N)=Cc1nc(N)nnc1-c1ccc(Cl)cc1OC(F)F. The Kier molecular flexibility index (Phi) is 4.71. The first kappa shape index (κ1) is 15.9. The molecule has 0 radical (unpaired) electrons. The van der Waals surface area contributed by atoms with Crippen LogP contribution in [0.3, 0.4) is 0 Å². The number of benzene rings is 1. The van der Waals surface area contributed by atoms with Crippen LogP contribution < -0.4 is 16.2 Å². The molecular formula is C13H12ClF2N5O. The molecule has 1 aromatic heterocycles. The third-order valence-corrected chi connectivity index (χ3v) is 2.74. The molecule has 0 bridgehead atoms. The van der Waals surface area contributed by atoms with Gasteiger partial charge >= 0.3 is 6.61 Å². The summed E-state index contributed by atoms with van der Waals surface area (Å²) >= 11 is 5.81. The maximum absolute atomic E-state index is 12.6. The number of nitrogens with zero attached hydrogens (tertiary/aromatic N) is 3. The zero-order valence-corrected chi connectivity index (χ0v) is 12.2. The van der Waals surface area contributed by atoms with E-state index in [9.17, 15) is 8.78 Å². The van der Waals surface area contributed by atoms with Crippen molar-refractivity contribution in [2.75, 3.05) is 5.73 Å².